The molecule has 0 radical (unpaired) electrons. The first kappa shape index (κ1) is 14.7. The molecule has 1 aliphatic rings. The molecule has 0 heterocycles. The summed E-state index contributed by atoms with van der Waals surface area (Å²) in [6, 6.07) is 6.05. The van der Waals surface area contributed by atoms with Gasteiger partial charge in [0.05, 0.1) is 0 Å². The van der Waals surface area contributed by atoms with Crippen molar-refractivity contribution in [1.82, 2.24) is 0 Å². The van der Waals surface area contributed by atoms with E-state index in [2.05, 4.69) is 5.32 Å². The molecule has 2 rings (SSSR count). The van der Waals surface area contributed by atoms with Crippen molar-refractivity contribution in [2.24, 2.45) is 5.73 Å². The number of carbonyl (C=O) groups is 1. The number of nitrogens with two attached hydrogens (primary N) is 1. The molecule has 4 nitrogen and oxygen atoms in total. The fraction of sp³-hybridized carbons (Fsp3) is 0.500. The summed E-state index contributed by atoms with van der Waals surface area (Å²) >= 11 is 0. The Morgan fingerprint density at radius 1 is 1.30 bits per heavy atom. The third-order valence-corrected chi connectivity index (χ3v) is 3.07. The van der Waals surface area contributed by atoms with Crippen LogP contribution in [0.2, 0.25) is 0 Å². The van der Waals surface area contributed by atoms with Crippen molar-refractivity contribution in [3.05, 3.63) is 29.8 Å². The van der Waals surface area contributed by atoms with E-state index in [1.807, 2.05) is 0 Å². The Balaban J connectivity index is 2.01. The summed E-state index contributed by atoms with van der Waals surface area (Å²) < 4.78 is 31.4. The molecule has 20 heavy (non-hydrogen) atoms. The molecule has 0 bridgehead atoms. The summed E-state index contributed by atoms with van der Waals surface area (Å²) in [5.74, 6) is -2.85. The van der Waals surface area contributed by atoms with Gasteiger partial charge < -0.3 is 10.5 Å². The van der Waals surface area contributed by atoms with Crippen LogP contribution in [0.1, 0.15) is 32.8 Å². The number of ether oxygens (including phenoxy) is 1. The summed E-state index contributed by atoms with van der Waals surface area (Å²) in [5, 5.41) is 2.53. The van der Waals surface area contributed by atoms with E-state index >= 15 is 0 Å². The van der Waals surface area contributed by atoms with Gasteiger partial charge in [-0.1, -0.05) is 12.1 Å². The lowest BCUT2D eigenvalue weighted by atomic mass is 10.1. The summed E-state index contributed by atoms with van der Waals surface area (Å²) in [6.45, 7) is 5.26. The topological polar surface area (TPSA) is 64.3 Å². The fourth-order valence-electron chi connectivity index (χ4n) is 1.89. The number of halogens is 2. The van der Waals surface area contributed by atoms with E-state index in [1.54, 1.807) is 20.8 Å². The number of rotatable bonds is 2. The highest BCUT2D eigenvalue weighted by Crippen LogP contribution is 2.57. The molecular formula is C14H18F2N2O2. The van der Waals surface area contributed by atoms with Crippen molar-refractivity contribution < 1.29 is 18.3 Å². The van der Waals surface area contributed by atoms with Gasteiger partial charge in [0.1, 0.15) is 11.1 Å². The zero-order valence-electron chi connectivity index (χ0n) is 11.7. The smallest absolute Gasteiger partial charge is 0.412 e. The molecule has 1 aromatic carbocycles. The average Bonchev–Trinajstić information content (AvgIpc) is 2.77. The highest BCUT2D eigenvalue weighted by atomic mass is 19.3. The maximum atomic E-state index is 13.1. The molecule has 0 aromatic heterocycles. The van der Waals surface area contributed by atoms with Crippen LogP contribution in [0.4, 0.5) is 19.3 Å². The molecule has 0 aliphatic heterocycles. The monoisotopic (exact) mass is 284 g/mol. The van der Waals surface area contributed by atoms with Crippen LogP contribution in [0.15, 0.2) is 24.3 Å². The molecule has 1 saturated carbocycles. The molecule has 3 N–H and O–H groups in total. The minimum absolute atomic E-state index is 0.348. The standard InChI is InChI=1S/C14H18F2N2O2/c1-12(2,3)20-11(19)18-10-6-4-9(5-7-10)13(17)8-14(13,15)16/h4-7H,8,17H2,1-3H3,(H,18,19). The average molecular weight is 284 g/mol. The van der Waals surface area contributed by atoms with Gasteiger partial charge in [0.2, 0.25) is 0 Å². The van der Waals surface area contributed by atoms with E-state index in [0.29, 0.717) is 11.3 Å². The van der Waals surface area contributed by atoms with Crippen LogP contribution in [0.5, 0.6) is 0 Å². The highest BCUT2D eigenvalue weighted by Gasteiger charge is 2.69. The molecule has 1 atom stereocenters. The first-order valence-corrected chi connectivity index (χ1v) is 6.31. The molecule has 0 saturated heterocycles. The summed E-state index contributed by atoms with van der Waals surface area (Å²) in [5.41, 5.74) is 4.28. The van der Waals surface area contributed by atoms with Crippen molar-refractivity contribution in [2.45, 2.75) is 44.3 Å². The molecule has 110 valence electrons. The summed E-state index contributed by atoms with van der Waals surface area (Å²) in [7, 11) is 0. The fourth-order valence-corrected chi connectivity index (χ4v) is 1.89. The first-order chi connectivity index (χ1) is 9.03. The van der Waals surface area contributed by atoms with E-state index in [-0.39, 0.29) is 6.42 Å². The Morgan fingerprint density at radius 3 is 2.20 bits per heavy atom. The molecule has 6 heteroatoms. The summed E-state index contributed by atoms with van der Waals surface area (Å²) in [6.07, 6.45) is -0.941. The maximum Gasteiger partial charge on any atom is 0.412 e. The predicted molar refractivity (Wildman–Crippen MR) is 71.7 cm³/mol. The minimum atomic E-state index is -2.85. The Labute approximate surface area is 116 Å². The lowest BCUT2D eigenvalue weighted by Crippen LogP contribution is -2.28. The van der Waals surface area contributed by atoms with Gasteiger partial charge in [-0.25, -0.2) is 13.6 Å². The van der Waals surface area contributed by atoms with Crippen molar-refractivity contribution in [3.8, 4) is 0 Å². The van der Waals surface area contributed by atoms with Crippen LogP contribution in [0, 0.1) is 0 Å². The Kier molecular flexibility index (Phi) is 3.25. The van der Waals surface area contributed by atoms with Crippen molar-refractivity contribution in [3.63, 3.8) is 0 Å². The second-order valence-corrected chi connectivity index (χ2v) is 6.06. The number of benzene rings is 1. The number of hydrogen-bond acceptors (Lipinski definition) is 3. The van der Waals surface area contributed by atoms with Crippen LogP contribution in [-0.4, -0.2) is 17.6 Å². The number of carbonyl (C=O) groups excluding carboxylic acids is 1. The van der Waals surface area contributed by atoms with Gasteiger partial charge in [-0.05, 0) is 38.5 Å². The maximum absolute atomic E-state index is 13.1. The lowest BCUT2D eigenvalue weighted by Gasteiger charge is -2.19. The van der Waals surface area contributed by atoms with Gasteiger partial charge in [0.15, 0.2) is 0 Å². The number of hydrogen-bond donors (Lipinski definition) is 2. The van der Waals surface area contributed by atoms with Crippen LogP contribution in [0.3, 0.4) is 0 Å². The van der Waals surface area contributed by atoms with Gasteiger partial charge in [-0.2, -0.15) is 0 Å². The van der Waals surface area contributed by atoms with E-state index in [4.69, 9.17) is 10.5 Å². The predicted octanol–water partition coefficient (Wildman–Crippen LogP) is 3.23. The van der Waals surface area contributed by atoms with Crippen LogP contribution in [-0.2, 0) is 10.3 Å². The Morgan fingerprint density at radius 2 is 1.80 bits per heavy atom. The van der Waals surface area contributed by atoms with Crippen molar-refractivity contribution >= 4 is 11.8 Å². The Bertz CT molecular complexity index is 523. The Hall–Kier alpha value is -1.69. The van der Waals surface area contributed by atoms with Gasteiger partial charge in [-0.15, -0.1) is 0 Å². The zero-order valence-corrected chi connectivity index (χ0v) is 11.7. The molecule has 1 amide bonds. The molecule has 1 fully saturated rings. The minimum Gasteiger partial charge on any atom is -0.444 e. The SMILES string of the molecule is CC(C)(C)OC(=O)Nc1ccc(C2(N)CC2(F)F)cc1. The van der Waals surface area contributed by atoms with Gasteiger partial charge in [-0.3, -0.25) is 5.32 Å². The highest BCUT2D eigenvalue weighted by molar-refractivity contribution is 5.84. The van der Waals surface area contributed by atoms with Crippen LogP contribution < -0.4 is 11.1 Å². The first-order valence-electron chi connectivity index (χ1n) is 6.31. The third-order valence-electron chi connectivity index (χ3n) is 3.07. The summed E-state index contributed by atoms with van der Waals surface area (Å²) in [4.78, 5) is 11.5. The largest absolute Gasteiger partial charge is 0.444 e. The van der Waals surface area contributed by atoms with Crippen LogP contribution >= 0.6 is 0 Å². The van der Waals surface area contributed by atoms with E-state index in [1.165, 1.54) is 24.3 Å². The molecule has 1 aliphatic carbocycles. The zero-order chi connectivity index (χ0) is 15.2. The van der Waals surface area contributed by atoms with E-state index in [0.717, 1.165) is 0 Å². The van der Waals surface area contributed by atoms with Crippen molar-refractivity contribution in [2.75, 3.05) is 5.32 Å². The number of nitrogens with one attached hydrogen (secondary N) is 1. The van der Waals surface area contributed by atoms with E-state index < -0.39 is 23.2 Å². The number of anilines is 1. The second kappa shape index (κ2) is 4.41. The van der Waals surface area contributed by atoms with Gasteiger partial charge in [0, 0.05) is 12.1 Å². The molecular weight excluding hydrogens is 266 g/mol. The lowest BCUT2D eigenvalue weighted by molar-refractivity contribution is 0.0635. The third kappa shape index (κ3) is 2.90. The van der Waals surface area contributed by atoms with Gasteiger partial charge in [0.25, 0.3) is 5.92 Å². The van der Waals surface area contributed by atoms with Gasteiger partial charge >= 0.3 is 6.09 Å². The molecule has 1 unspecified atom stereocenters. The number of amides is 1. The normalized spacial score (nSPS) is 24.1. The van der Waals surface area contributed by atoms with Crippen molar-refractivity contribution in [1.29, 1.82) is 0 Å². The van der Waals surface area contributed by atoms with Crippen LogP contribution in [0.25, 0.3) is 0 Å². The molecule has 0 spiro atoms. The second-order valence-electron chi connectivity index (χ2n) is 6.06. The number of alkyl halides is 2. The quantitative estimate of drug-likeness (QED) is 0.876. The van der Waals surface area contributed by atoms with E-state index in [9.17, 15) is 13.6 Å². The molecule has 1 aromatic rings.